The van der Waals surface area contributed by atoms with Gasteiger partial charge in [-0.15, -0.1) is 0 Å². The summed E-state index contributed by atoms with van der Waals surface area (Å²) in [6, 6.07) is 9.20. The number of carbonyl (C=O) groups is 1. The summed E-state index contributed by atoms with van der Waals surface area (Å²) in [7, 11) is 4.61. The average Bonchev–Trinajstić information content (AvgIpc) is 3.77. The third-order valence-electron chi connectivity index (χ3n) is 10.2. The summed E-state index contributed by atoms with van der Waals surface area (Å²) in [5.74, 6) is 1.87. The molecule has 1 atom stereocenters. The van der Waals surface area contributed by atoms with Crippen LogP contribution in [-0.4, -0.2) is 97.6 Å². The molecule has 3 aromatic rings. The van der Waals surface area contributed by atoms with E-state index in [-0.39, 0.29) is 11.3 Å². The molecule has 276 valence electrons. The number of ether oxygens (including phenoxy) is 4. The fraction of sp³-hybridized carbons (Fsp3) is 0.487. The standard InChI is InChI=1S/C39H50Cl2N4O6/c1-6-8-9-10-30-26-42-37(45(30)21-22-51-7-2)39(47)15-18-43(19-16-39)17-13-38(29-11-12-31(40)32(41)25-29)14-20-44(27-38)36(46)28-23-33(48-3)35(50-5)34(24-28)49-4/h6,8-12,23-26,47H,7,13-22,27H2,1-5H3/b8-6+,10-9+. The maximum atomic E-state index is 14.0. The summed E-state index contributed by atoms with van der Waals surface area (Å²) in [6.07, 6.45) is 12.5. The van der Waals surface area contributed by atoms with E-state index in [1.807, 2.05) is 67.4 Å². The Labute approximate surface area is 311 Å². The molecule has 51 heavy (non-hydrogen) atoms. The molecule has 0 radical (unpaired) electrons. The van der Waals surface area contributed by atoms with Crippen LogP contribution in [0.2, 0.25) is 10.0 Å². The largest absolute Gasteiger partial charge is 0.493 e. The van der Waals surface area contributed by atoms with Crippen molar-refractivity contribution in [1.82, 2.24) is 19.4 Å². The van der Waals surface area contributed by atoms with E-state index in [1.54, 1.807) is 12.1 Å². The van der Waals surface area contributed by atoms with E-state index in [9.17, 15) is 9.90 Å². The van der Waals surface area contributed by atoms with Crippen LogP contribution in [0.3, 0.4) is 0 Å². The van der Waals surface area contributed by atoms with Crippen LogP contribution in [0, 0.1) is 0 Å². The quantitative estimate of drug-likeness (QED) is 0.132. The highest BCUT2D eigenvalue weighted by atomic mass is 35.5. The van der Waals surface area contributed by atoms with E-state index in [4.69, 9.17) is 47.1 Å². The molecule has 3 heterocycles. The summed E-state index contributed by atoms with van der Waals surface area (Å²) in [6.45, 7) is 9.05. The third kappa shape index (κ3) is 8.58. The van der Waals surface area contributed by atoms with Crippen LogP contribution in [0.15, 0.2) is 54.8 Å². The number of nitrogens with zero attached hydrogens (tertiary/aromatic N) is 4. The van der Waals surface area contributed by atoms with Gasteiger partial charge >= 0.3 is 0 Å². The Balaban J connectivity index is 1.33. The SMILES string of the molecule is C/C=C/C=C/c1cnc(C2(O)CCN(CCC3(c4ccc(Cl)c(Cl)c4)CCN(C(=O)c4cc(OC)c(OC)c(OC)c4)C3)CC2)n1CCOCC. The van der Waals surface area contributed by atoms with Gasteiger partial charge in [0.25, 0.3) is 5.91 Å². The zero-order valence-electron chi connectivity index (χ0n) is 30.3. The zero-order valence-corrected chi connectivity index (χ0v) is 31.8. The van der Waals surface area contributed by atoms with Crippen LogP contribution in [0.1, 0.15) is 67.0 Å². The lowest BCUT2D eigenvalue weighted by molar-refractivity contribution is -0.0372. The molecule has 1 unspecified atom stereocenters. The van der Waals surface area contributed by atoms with Crippen LogP contribution in [0.25, 0.3) is 6.08 Å². The Morgan fingerprint density at radius 2 is 1.69 bits per heavy atom. The van der Waals surface area contributed by atoms with E-state index in [0.29, 0.717) is 97.5 Å². The predicted molar refractivity (Wildman–Crippen MR) is 202 cm³/mol. The van der Waals surface area contributed by atoms with E-state index in [0.717, 1.165) is 30.6 Å². The van der Waals surface area contributed by atoms with Crippen LogP contribution in [-0.2, 0) is 22.3 Å². The molecular weight excluding hydrogens is 691 g/mol. The van der Waals surface area contributed by atoms with Gasteiger partial charge < -0.3 is 38.4 Å². The first kappa shape index (κ1) is 38.7. The number of aromatic nitrogens is 2. The minimum Gasteiger partial charge on any atom is -0.493 e. The molecule has 2 aromatic carbocycles. The Kier molecular flexibility index (Phi) is 13.1. The van der Waals surface area contributed by atoms with Gasteiger partial charge in [0.1, 0.15) is 11.4 Å². The molecule has 2 saturated heterocycles. The molecule has 1 amide bonds. The summed E-state index contributed by atoms with van der Waals surface area (Å²) in [4.78, 5) is 23.0. The van der Waals surface area contributed by atoms with Crippen LogP contribution < -0.4 is 14.2 Å². The van der Waals surface area contributed by atoms with Crippen molar-refractivity contribution in [3.05, 3.63) is 87.4 Å². The van der Waals surface area contributed by atoms with Gasteiger partial charge in [-0.25, -0.2) is 4.98 Å². The Hall–Kier alpha value is -3.54. The van der Waals surface area contributed by atoms with E-state index >= 15 is 0 Å². The second-order valence-electron chi connectivity index (χ2n) is 13.2. The highest BCUT2D eigenvalue weighted by molar-refractivity contribution is 6.42. The topological polar surface area (TPSA) is 98.5 Å². The number of amides is 1. The molecule has 2 aliphatic heterocycles. The molecule has 10 nitrogen and oxygen atoms in total. The minimum atomic E-state index is -1.05. The van der Waals surface area contributed by atoms with Crippen LogP contribution in [0.4, 0.5) is 0 Å². The van der Waals surface area contributed by atoms with E-state index in [2.05, 4.69) is 9.47 Å². The fourth-order valence-electron chi connectivity index (χ4n) is 7.28. The zero-order chi connectivity index (χ0) is 36.6. The van der Waals surface area contributed by atoms with Crippen molar-refractivity contribution in [1.29, 1.82) is 0 Å². The van der Waals surface area contributed by atoms with Crippen molar-refractivity contribution in [2.75, 3.05) is 67.3 Å². The average molecular weight is 742 g/mol. The lowest BCUT2D eigenvalue weighted by Crippen LogP contribution is -2.46. The maximum absolute atomic E-state index is 14.0. The van der Waals surface area contributed by atoms with Crippen molar-refractivity contribution < 1.29 is 28.8 Å². The number of likely N-dealkylation sites (tertiary alicyclic amines) is 2. The number of piperidine rings is 1. The smallest absolute Gasteiger partial charge is 0.254 e. The third-order valence-corrected chi connectivity index (χ3v) is 11.0. The summed E-state index contributed by atoms with van der Waals surface area (Å²) >= 11 is 12.9. The van der Waals surface area contributed by atoms with Crippen LogP contribution in [0.5, 0.6) is 17.2 Å². The van der Waals surface area contributed by atoms with Crippen LogP contribution >= 0.6 is 23.2 Å². The van der Waals surface area contributed by atoms with Crippen molar-refractivity contribution in [3.63, 3.8) is 0 Å². The number of aliphatic hydroxyl groups is 1. The number of allylic oxidation sites excluding steroid dienone is 3. The molecule has 12 heteroatoms. The number of hydrogen-bond donors (Lipinski definition) is 1. The van der Waals surface area contributed by atoms with Crippen molar-refractivity contribution in [2.45, 2.75) is 57.1 Å². The summed E-state index contributed by atoms with van der Waals surface area (Å²) in [5, 5.41) is 13.0. The van der Waals surface area contributed by atoms with E-state index in [1.165, 1.54) is 21.3 Å². The number of halogens is 2. The second-order valence-corrected chi connectivity index (χ2v) is 14.0. The molecule has 0 spiro atoms. The van der Waals surface area contributed by atoms with Gasteiger partial charge in [0.2, 0.25) is 5.75 Å². The molecule has 1 aromatic heterocycles. The van der Waals surface area contributed by atoms with Gasteiger partial charge in [-0.1, -0.05) is 47.5 Å². The van der Waals surface area contributed by atoms with Gasteiger partial charge in [-0.3, -0.25) is 4.79 Å². The van der Waals surface area contributed by atoms with Gasteiger partial charge in [0.15, 0.2) is 11.5 Å². The highest BCUT2D eigenvalue weighted by Gasteiger charge is 2.43. The lowest BCUT2D eigenvalue weighted by atomic mass is 9.76. The fourth-order valence-corrected chi connectivity index (χ4v) is 7.58. The molecule has 1 N–H and O–H groups in total. The predicted octanol–water partition coefficient (Wildman–Crippen LogP) is 7.00. The first-order valence-corrected chi connectivity index (χ1v) is 18.3. The number of imidazole rings is 1. The molecule has 0 bridgehead atoms. The monoisotopic (exact) mass is 740 g/mol. The highest BCUT2D eigenvalue weighted by Crippen LogP contribution is 2.43. The van der Waals surface area contributed by atoms with Gasteiger partial charge in [-0.2, -0.15) is 0 Å². The van der Waals surface area contributed by atoms with Crippen molar-refractivity contribution >= 4 is 35.2 Å². The minimum absolute atomic E-state index is 0.112. The Morgan fingerprint density at radius 3 is 2.31 bits per heavy atom. The molecule has 2 fully saturated rings. The number of carbonyl (C=O) groups excluding carboxylic acids is 1. The van der Waals surface area contributed by atoms with E-state index < -0.39 is 5.60 Å². The van der Waals surface area contributed by atoms with Gasteiger partial charge in [0.05, 0.1) is 49.9 Å². The second kappa shape index (κ2) is 17.3. The van der Waals surface area contributed by atoms with Crippen molar-refractivity contribution in [2.24, 2.45) is 0 Å². The summed E-state index contributed by atoms with van der Waals surface area (Å²) in [5.41, 5.74) is 1.06. The first-order valence-electron chi connectivity index (χ1n) is 17.5. The molecule has 0 aliphatic carbocycles. The normalized spacial score (nSPS) is 19.3. The number of benzene rings is 2. The lowest BCUT2D eigenvalue weighted by Gasteiger charge is -2.40. The molecule has 2 aliphatic rings. The first-order chi connectivity index (χ1) is 24.6. The maximum Gasteiger partial charge on any atom is 0.254 e. The van der Waals surface area contributed by atoms with Gasteiger partial charge in [0, 0.05) is 50.3 Å². The molecule has 0 saturated carbocycles. The Morgan fingerprint density at radius 1 is 0.961 bits per heavy atom. The number of rotatable bonds is 15. The number of hydrogen-bond acceptors (Lipinski definition) is 8. The summed E-state index contributed by atoms with van der Waals surface area (Å²) < 4.78 is 24.3. The Bertz CT molecular complexity index is 1690. The van der Waals surface area contributed by atoms with Crippen molar-refractivity contribution in [3.8, 4) is 17.2 Å². The molecular formula is C39H50Cl2N4O6. The molecule has 5 rings (SSSR count). The van der Waals surface area contributed by atoms with Gasteiger partial charge in [-0.05, 0) is 82.0 Å². The number of methoxy groups -OCH3 is 3.